The van der Waals surface area contributed by atoms with Crippen LogP contribution in [0.2, 0.25) is 5.02 Å². The molecule has 0 unspecified atom stereocenters. The highest BCUT2D eigenvalue weighted by molar-refractivity contribution is 6.33. The fourth-order valence-corrected chi connectivity index (χ4v) is 2.94. The number of aromatic hydroxyl groups is 1. The maximum Gasteiger partial charge on any atom is 0.257 e. The fourth-order valence-electron chi connectivity index (χ4n) is 2.68. The number of benzene rings is 2. The summed E-state index contributed by atoms with van der Waals surface area (Å²) in [6, 6.07) is 14.4. The van der Waals surface area contributed by atoms with E-state index < -0.39 is 0 Å². The van der Waals surface area contributed by atoms with Crippen LogP contribution < -0.4 is 4.90 Å². The van der Waals surface area contributed by atoms with Crippen LogP contribution in [0, 0.1) is 0 Å². The SMILES string of the molecule is O=C(c1ccccc1O)N1CCN(c2ccccc2Cl)CC1. The summed E-state index contributed by atoms with van der Waals surface area (Å²) in [6.07, 6.45) is 0. The minimum Gasteiger partial charge on any atom is -0.507 e. The van der Waals surface area contributed by atoms with Crippen molar-refractivity contribution < 1.29 is 9.90 Å². The van der Waals surface area contributed by atoms with Gasteiger partial charge in [-0.15, -0.1) is 0 Å². The summed E-state index contributed by atoms with van der Waals surface area (Å²) in [7, 11) is 0. The molecule has 2 aromatic carbocycles. The molecule has 1 N–H and O–H groups in total. The number of halogens is 1. The van der Waals surface area contributed by atoms with Gasteiger partial charge in [0.05, 0.1) is 16.3 Å². The number of carbonyl (C=O) groups excluding carboxylic acids is 1. The Morgan fingerprint density at radius 1 is 0.955 bits per heavy atom. The number of anilines is 1. The van der Waals surface area contributed by atoms with E-state index in [9.17, 15) is 9.90 Å². The predicted molar refractivity (Wildman–Crippen MR) is 87.7 cm³/mol. The van der Waals surface area contributed by atoms with Crippen LogP contribution >= 0.6 is 11.6 Å². The lowest BCUT2D eigenvalue weighted by Gasteiger charge is -2.36. The summed E-state index contributed by atoms with van der Waals surface area (Å²) in [5.41, 5.74) is 1.35. The molecule has 1 heterocycles. The molecule has 1 amide bonds. The molecule has 3 rings (SSSR count). The average Bonchev–Trinajstić information content (AvgIpc) is 2.55. The zero-order valence-corrected chi connectivity index (χ0v) is 12.8. The van der Waals surface area contributed by atoms with Crippen LogP contribution in [0.25, 0.3) is 0 Å². The Kier molecular flexibility index (Phi) is 4.20. The highest BCUT2D eigenvalue weighted by Crippen LogP contribution is 2.26. The van der Waals surface area contributed by atoms with E-state index >= 15 is 0 Å². The minimum absolute atomic E-state index is 0.0287. The van der Waals surface area contributed by atoms with Crippen molar-refractivity contribution in [3.05, 3.63) is 59.1 Å². The van der Waals surface area contributed by atoms with E-state index in [1.54, 1.807) is 23.1 Å². The third-order valence-corrected chi connectivity index (χ3v) is 4.21. The first-order valence-corrected chi connectivity index (χ1v) is 7.61. The Bertz CT molecular complexity index is 682. The van der Waals surface area contributed by atoms with Crippen LogP contribution in [0.15, 0.2) is 48.5 Å². The second-order valence-corrected chi connectivity index (χ2v) is 5.66. The van der Waals surface area contributed by atoms with Crippen molar-refractivity contribution in [3.8, 4) is 5.75 Å². The zero-order valence-electron chi connectivity index (χ0n) is 12.1. The van der Waals surface area contributed by atoms with Gasteiger partial charge in [-0.05, 0) is 24.3 Å². The van der Waals surface area contributed by atoms with Crippen molar-refractivity contribution >= 4 is 23.2 Å². The van der Waals surface area contributed by atoms with Crippen LogP contribution in [0.5, 0.6) is 5.75 Å². The van der Waals surface area contributed by atoms with Gasteiger partial charge in [0.2, 0.25) is 0 Å². The smallest absolute Gasteiger partial charge is 0.257 e. The molecule has 0 atom stereocenters. The van der Waals surface area contributed by atoms with Crippen molar-refractivity contribution in [1.82, 2.24) is 4.90 Å². The maximum absolute atomic E-state index is 12.5. The predicted octanol–water partition coefficient (Wildman–Crippen LogP) is 3.01. The van der Waals surface area contributed by atoms with Gasteiger partial charge in [0.25, 0.3) is 5.91 Å². The molecule has 5 heteroatoms. The number of phenolic OH excluding ortho intramolecular Hbond substituents is 1. The molecule has 0 saturated carbocycles. The van der Waals surface area contributed by atoms with Crippen molar-refractivity contribution in [2.24, 2.45) is 0 Å². The Balaban J connectivity index is 1.68. The first-order chi connectivity index (χ1) is 10.7. The van der Waals surface area contributed by atoms with Crippen molar-refractivity contribution in [1.29, 1.82) is 0 Å². The quantitative estimate of drug-likeness (QED) is 0.926. The van der Waals surface area contributed by atoms with Gasteiger partial charge in [-0.25, -0.2) is 0 Å². The molecule has 0 spiro atoms. The lowest BCUT2D eigenvalue weighted by molar-refractivity contribution is 0.0744. The molecule has 0 radical (unpaired) electrons. The Labute approximate surface area is 134 Å². The first-order valence-electron chi connectivity index (χ1n) is 7.23. The Morgan fingerprint density at radius 3 is 2.27 bits per heavy atom. The van der Waals surface area contributed by atoms with E-state index in [0.29, 0.717) is 18.7 Å². The van der Waals surface area contributed by atoms with Gasteiger partial charge < -0.3 is 14.9 Å². The van der Waals surface area contributed by atoms with Gasteiger partial charge in [-0.2, -0.15) is 0 Å². The molecule has 114 valence electrons. The molecule has 1 aliphatic rings. The number of phenols is 1. The van der Waals surface area contributed by atoms with E-state index in [1.165, 1.54) is 6.07 Å². The van der Waals surface area contributed by atoms with E-state index in [1.807, 2.05) is 24.3 Å². The third kappa shape index (κ3) is 2.88. The van der Waals surface area contributed by atoms with Crippen LogP contribution in [0.3, 0.4) is 0 Å². The van der Waals surface area contributed by atoms with E-state index in [4.69, 9.17) is 11.6 Å². The molecule has 2 aromatic rings. The molecule has 1 aliphatic heterocycles. The van der Waals surface area contributed by atoms with Gasteiger partial charge in [0, 0.05) is 26.2 Å². The highest BCUT2D eigenvalue weighted by atomic mass is 35.5. The van der Waals surface area contributed by atoms with Gasteiger partial charge in [0.1, 0.15) is 5.75 Å². The standard InChI is InChI=1S/C17H17ClN2O2/c18-14-6-2-3-7-15(14)19-9-11-20(12-10-19)17(22)13-5-1-4-8-16(13)21/h1-8,21H,9-12H2. The zero-order chi connectivity index (χ0) is 15.5. The highest BCUT2D eigenvalue weighted by Gasteiger charge is 2.24. The average molecular weight is 317 g/mol. The van der Waals surface area contributed by atoms with Gasteiger partial charge >= 0.3 is 0 Å². The van der Waals surface area contributed by atoms with Crippen LogP contribution in [0.1, 0.15) is 10.4 Å². The van der Waals surface area contributed by atoms with E-state index in [-0.39, 0.29) is 11.7 Å². The normalized spacial score (nSPS) is 15.0. The number of hydrogen-bond acceptors (Lipinski definition) is 3. The summed E-state index contributed by atoms with van der Waals surface area (Å²) < 4.78 is 0. The second-order valence-electron chi connectivity index (χ2n) is 5.25. The van der Waals surface area contributed by atoms with Crippen LogP contribution in [-0.4, -0.2) is 42.1 Å². The first kappa shape index (κ1) is 14.7. The van der Waals surface area contributed by atoms with Crippen molar-refractivity contribution in [3.63, 3.8) is 0 Å². The molecule has 0 aliphatic carbocycles. The number of rotatable bonds is 2. The lowest BCUT2D eigenvalue weighted by atomic mass is 10.1. The van der Waals surface area contributed by atoms with Crippen molar-refractivity contribution in [2.75, 3.05) is 31.1 Å². The largest absolute Gasteiger partial charge is 0.507 e. The van der Waals surface area contributed by atoms with Gasteiger partial charge in [-0.1, -0.05) is 35.9 Å². The molecule has 0 aromatic heterocycles. The number of hydrogen-bond donors (Lipinski definition) is 1. The molecule has 1 fully saturated rings. The van der Waals surface area contributed by atoms with Gasteiger partial charge in [0.15, 0.2) is 0 Å². The number of piperazine rings is 1. The van der Waals surface area contributed by atoms with Crippen molar-refractivity contribution in [2.45, 2.75) is 0 Å². The number of para-hydroxylation sites is 2. The maximum atomic E-state index is 12.5. The molecule has 0 bridgehead atoms. The summed E-state index contributed by atoms with van der Waals surface area (Å²) in [5.74, 6) is -0.0991. The molecule has 4 nitrogen and oxygen atoms in total. The topological polar surface area (TPSA) is 43.8 Å². The summed E-state index contributed by atoms with van der Waals surface area (Å²) in [6.45, 7) is 2.67. The number of nitrogens with zero attached hydrogens (tertiary/aromatic N) is 2. The lowest BCUT2D eigenvalue weighted by Crippen LogP contribution is -2.48. The molecular weight excluding hydrogens is 300 g/mol. The molecule has 1 saturated heterocycles. The fraction of sp³-hybridized carbons (Fsp3) is 0.235. The van der Waals surface area contributed by atoms with Crippen LogP contribution in [-0.2, 0) is 0 Å². The second kappa shape index (κ2) is 6.28. The Morgan fingerprint density at radius 2 is 1.59 bits per heavy atom. The molecular formula is C17H17ClN2O2. The van der Waals surface area contributed by atoms with E-state index in [0.717, 1.165) is 23.8 Å². The molecule has 22 heavy (non-hydrogen) atoms. The number of amides is 1. The Hall–Kier alpha value is -2.20. The van der Waals surface area contributed by atoms with Crippen LogP contribution in [0.4, 0.5) is 5.69 Å². The summed E-state index contributed by atoms with van der Waals surface area (Å²) >= 11 is 6.22. The third-order valence-electron chi connectivity index (χ3n) is 3.89. The number of carbonyl (C=O) groups is 1. The monoisotopic (exact) mass is 316 g/mol. The summed E-state index contributed by atoms with van der Waals surface area (Å²) in [5, 5.41) is 10.5. The van der Waals surface area contributed by atoms with E-state index in [2.05, 4.69) is 4.90 Å². The van der Waals surface area contributed by atoms with Gasteiger partial charge in [-0.3, -0.25) is 4.79 Å². The summed E-state index contributed by atoms with van der Waals surface area (Å²) in [4.78, 5) is 16.4. The minimum atomic E-state index is -0.128.